The van der Waals surface area contributed by atoms with Crippen molar-refractivity contribution in [2.75, 3.05) is 0 Å². The van der Waals surface area contributed by atoms with Crippen molar-refractivity contribution in [3.05, 3.63) is 34.9 Å². The Kier molecular flexibility index (Phi) is 2.18. The van der Waals surface area contributed by atoms with Crippen LogP contribution in [0.15, 0.2) is 18.2 Å². The minimum Gasteiger partial charge on any atom is -0.480 e. The number of carboxylic acid groups (broad SMARTS) is 1. The quantitative estimate of drug-likeness (QED) is 0.857. The molecule has 18 heavy (non-hydrogen) atoms. The van der Waals surface area contributed by atoms with Crippen molar-refractivity contribution in [3.8, 4) is 0 Å². The van der Waals surface area contributed by atoms with Crippen molar-refractivity contribution in [1.82, 2.24) is 0 Å². The molecule has 0 saturated heterocycles. The number of benzene rings is 1. The molecule has 0 amide bonds. The van der Waals surface area contributed by atoms with Gasteiger partial charge < -0.3 is 10.8 Å². The third kappa shape index (κ3) is 1.25. The Labute approximate surface area is 107 Å². The minimum absolute atomic E-state index is 0.123. The summed E-state index contributed by atoms with van der Waals surface area (Å²) in [6, 6.07) is 5.73. The Hall–Kier alpha value is -1.35. The molecule has 3 saturated carbocycles. The number of rotatable bonds is 3. The molecule has 2 bridgehead atoms. The monoisotopic (exact) mass is 245 g/mol. The fourth-order valence-electron chi connectivity index (χ4n) is 4.07. The lowest BCUT2D eigenvalue weighted by atomic mass is 9.31. The van der Waals surface area contributed by atoms with Gasteiger partial charge in [0.25, 0.3) is 0 Å². The Balaban J connectivity index is 1.84. The predicted octanol–water partition coefficient (Wildman–Crippen LogP) is 2.14. The van der Waals surface area contributed by atoms with E-state index < -0.39 is 12.0 Å². The molecule has 1 aromatic carbocycles. The average Bonchev–Trinajstić information content (AvgIpc) is 2.20. The van der Waals surface area contributed by atoms with Gasteiger partial charge in [0.1, 0.15) is 6.04 Å². The van der Waals surface area contributed by atoms with E-state index in [0.717, 1.165) is 19.3 Å². The molecule has 3 N–H and O–H groups in total. The summed E-state index contributed by atoms with van der Waals surface area (Å²) in [4.78, 5) is 11.0. The topological polar surface area (TPSA) is 63.3 Å². The van der Waals surface area contributed by atoms with Crippen molar-refractivity contribution < 1.29 is 9.90 Å². The van der Waals surface area contributed by atoms with E-state index in [2.05, 4.69) is 32.0 Å². The van der Waals surface area contributed by atoms with Crippen LogP contribution in [0.2, 0.25) is 0 Å². The first kappa shape index (κ1) is 11.7. The smallest absolute Gasteiger partial charge is 0.321 e. The van der Waals surface area contributed by atoms with E-state index in [4.69, 9.17) is 10.8 Å². The highest BCUT2D eigenvalue weighted by Crippen LogP contribution is 2.75. The SMILES string of the molecule is Cc1cccc(C23CC(C(N)C(=O)O)(C2)C3)c1C. The van der Waals surface area contributed by atoms with Crippen molar-refractivity contribution in [3.63, 3.8) is 0 Å². The van der Waals surface area contributed by atoms with Crippen LogP contribution in [-0.2, 0) is 10.2 Å². The molecule has 3 aliphatic carbocycles. The van der Waals surface area contributed by atoms with E-state index in [-0.39, 0.29) is 10.8 Å². The largest absolute Gasteiger partial charge is 0.480 e. The van der Waals surface area contributed by atoms with E-state index in [1.165, 1.54) is 16.7 Å². The third-order valence-corrected chi connectivity index (χ3v) is 5.17. The molecule has 96 valence electrons. The van der Waals surface area contributed by atoms with Crippen LogP contribution >= 0.6 is 0 Å². The van der Waals surface area contributed by atoms with Crippen LogP contribution in [0.3, 0.4) is 0 Å². The maximum atomic E-state index is 11.0. The van der Waals surface area contributed by atoms with Crippen LogP contribution in [0.4, 0.5) is 0 Å². The molecule has 0 heterocycles. The van der Waals surface area contributed by atoms with E-state index >= 15 is 0 Å². The zero-order valence-electron chi connectivity index (χ0n) is 10.9. The molecular weight excluding hydrogens is 226 g/mol. The fraction of sp³-hybridized carbons (Fsp3) is 0.533. The van der Waals surface area contributed by atoms with Gasteiger partial charge in [-0.1, -0.05) is 18.2 Å². The van der Waals surface area contributed by atoms with Crippen molar-refractivity contribution >= 4 is 5.97 Å². The molecule has 1 atom stereocenters. The predicted molar refractivity (Wildman–Crippen MR) is 69.5 cm³/mol. The lowest BCUT2D eigenvalue weighted by molar-refractivity contribution is -0.179. The van der Waals surface area contributed by atoms with Gasteiger partial charge in [-0.05, 0) is 60.6 Å². The molecule has 0 aliphatic heterocycles. The summed E-state index contributed by atoms with van der Waals surface area (Å²) >= 11 is 0. The second kappa shape index (κ2) is 3.35. The van der Waals surface area contributed by atoms with E-state index in [1.807, 2.05) is 0 Å². The van der Waals surface area contributed by atoms with Gasteiger partial charge in [-0.2, -0.15) is 0 Å². The highest BCUT2D eigenvalue weighted by atomic mass is 16.4. The lowest BCUT2D eigenvalue weighted by Crippen LogP contribution is -2.72. The highest BCUT2D eigenvalue weighted by Gasteiger charge is 2.71. The number of hydrogen-bond acceptors (Lipinski definition) is 2. The number of carbonyl (C=O) groups is 1. The first-order valence-electron chi connectivity index (χ1n) is 6.45. The summed E-state index contributed by atoms with van der Waals surface area (Å²) < 4.78 is 0. The summed E-state index contributed by atoms with van der Waals surface area (Å²) in [6.07, 6.45) is 2.83. The number of hydrogen-bond donors (Lipinski definition) is 2. The first-order valence-corrected chi connectivity index (χ1v) is 6.45. The maximum Gasteiger partial charge on any atom is 0.321 e. The normalized spacial score (nSPS) is 34.4. The van der Waals surface area contributed by atoms with Gasteiger partial charge in [-0.3, -0.25) is 4.79 Å². The minimum atomic E-state index is -0.857. The van der Waals surface area contributed by atoms with Crippen molar-refractivity contribution in [1.29, 1.82) is 0 Å². The van der Waals surface area contributed by atoms with Gasteiger partial charge in [-0.15, -0.1) is 0 Å². The van der Waals surface area contributed by atoms with Crippen LogP contribution in [-0.4, -0.2) is 17.1 Å². The number of nitrogens with two attached hydrogens (primary N) is 1. The van der Waals surface area contributed by atoms with E-state index in [1.54, 1.807) is 0 Å². The number of aliphatic carboxylic acids is 1. The Morgan fingerprint density at radius 2 is 1.94 bits per heavy atom. The zero-order chi connectivity index (χ0) is 13.1. The summed E-state index contributed by atoms with van der Waals surface area (Å²) in [7, 11) is 0. The van der Waals surface area contributed by atoms with Gasteiger partial charge in [0.05, 0.1) is 0 Å². The second-order valence-electron chi connectivity index (χ2n) is 6.24. The van der Waals surface area contributed by atoms with E-state index in [9.17, 15) is 4.79 Å². The molecule has 3 aliphatic rings. The van der Waals surface area contributed by atoms with Crippen LogP contribution in [0, 0.1) is 19.3 Å². The van der Waals surface area contributed by atoms with E-state index in [0.29, 0.717) is 0 Å². The second-order valence-corrected chi connectivity index (χ2v) is 6.24. The summed E-state index contributed by atoms with van der Waals surface area (Å²) in [5.41, 5.74) is 9.98. The van der Waals surface area contributed by atoms with Gasteiger partial charge in [0, 0.05) is 0 Å². The molecule has 0 radical (unpaired) electrons. The molecule has 3 nitrogen and oxygen atoms in total. The third-order valence-electron chi connectivity index (χ3n) is 5.17. The lowest BCUT2D eigenvalue weighted by Gasteiger charge is -2.72. The maximum absolute atomic E-state index is 11.0. The molecule has 3 heteroatoms. The molecule has 1 aromatic rings. The van der Waals surface area contributed by atoms with Crippen molar-refractivity contribution in [2.45, 2.75) is 44.6 Å². The Morgan fingerprint density at radius 3 is 2.50 bits per heavy atom. The van der Waals surface area contributed by atoms with Gasteiger partial charge in [0.15, 0.2) is 0 Å². The molecule has 1 unspecified atom stereocenters. The van der Waals surface area contributed by atoms with Gasteiger partial charge in [0.2, 0.25) is 0 Å². The molecular formula is C15H19NO2. The number of carboxylic acids is 1. The Morgan fingerprint density at radius 1 is 1.33 bits per heavy atom. The zero-order valence-corrected chi connectivity index (χ0v) is 10.9. The van der Waals surface area contributed by atoms with Crippen LogP contribution < -0.4 is 5.73 Å². The van der Waals surface area contributed by atoms with Crippen LogP contribution in [0.5, 0.6) is 0 Å². The van der Waals surface area contributed by atoms with Crippen molar-refractivity contribution in [2.24, 2.45) is 11.1 Å². The van der Waals surface area contributed by atoms with Crippen LogP contribution in [0.25, 0.3) is 0 Å². The molecule has 3 fully saturated rings. The standard InChI is InChI=1S/C15H19NO2/c1-9-4-3-5-11(10(9)2)14-6-15(7-14,8-14)12(16)13(17)18/h3-5,12H,6-8,16H2,1-2H3,(H,17,18). The molecule has 0 aromatic heterocycles. The summed E-state index contributed by atoms with van der Waals surface area (Å²) in [5.74, 6) is -0.857. The first-order chi connectivity index (χ1) is 8.40. The molecule has 4 rings (SSSR count). The fourth-order valence-corrected chi connectivity index (χ4v) is 4.07. The Bertz CT molecular complexity index is 516. The average molecular weight is 245 g/mol. The van der Waals surface area contributed by atoms with Gasteiger partial charge in [-0.25, -0.2) is 0 Å². The number of aryl methyl sites for hydroxylation is 1. The van der Waals surface area contributed by atoms with Gasteiger partial charge >= 0.3 is 5.97 Å². The summed E-state index contributed by atoms with van der Waals surface area (Å²) in [5, 5.41) is 9.04. The molecule has 0 spiro atoms. The summed E-state index contributed by atoms with van der Waals surface area (Å²) in [6.45, 7) is 4.29. The highest BCUT2D eigenvalue weighted by molar-refractivity contribution is 5.76. The van der Waals surface area contributed by atoms with Crippen LogP contribution in [0.1, 0.15) is 36.0 Å².